The lowest BCUT2D eigenvalue weighted by atomic mass is 10.0. The van der Waals surface area contributed by atoms with Crippen LogP contribution in [0.15, 0.2) is 48.5 Å². The summed E-state index contributed by atoms with van der Waals surface area (Å²) in [6.45, 7) is -0.470. The summed E-state index contributed by atoms with van der Waals surface area (Å²) < 4.78 is 80.8. The summed E-state index contributed by atoms with van der Waals surface area (Å²) in [5.74, 6) is -2.14. The zero-order chi connectivity index (χ0) is 24.0. The van der Waals surface area contributed by atoms with Gasteiger partial charge in [-0.3, -0.25) is 4.79 Å². The third kappa shape index (κ3) is 4.41. The van der Waals surface area contributed by atoms with Crippen LogP contribution in [0.5, 0.6) is 0 Å². The van der Waals surface area contributed by atoms with Gasteiger partial charge in [0.1, 0.15) is 0 Å². The van der Waals surface area contributed by atoms with Crippen molar-refractivity contribution in [2.24, 2.45) is 0 Å². The second kappa shape index (κ2) is 8.36. The van der Waals surface area contributed by atoms with E-state index >= 15 is 0 Å². The number of alkyl halides is 6. The molecule has 12 heteroatoms. The molecule has 0 saturated heterocycles. The molecule has 174 valence electrons. The summed E-state index contributed by atoms with van der Waals surface area (Å²) in [4.78, 5) is 14.5. The highest BCUT2D eigenvalue weighted by atomic mass is 35.5. The molecule has 0 radical (unpaired) electrons. The summed E-state index contributed by atoms with van der Waals surface area (Å²) >= 11 is 5.93. The van der Waals surface area contributed by atoms with Crippen LogP contribution in [-0.2, 0) is 25.3 Å². The number of halogens is 7. The van der Waals surface area contributed by atoms with Crippen molar-refractivity contribution in [3.63, 3.8) is 0 Å². The number of benzene rings is 2. The van der Waals surface area contributed by atoms with Crippen molar-refractivity contribution in [2.75, 3.05) is 6.54 Å². The maximum absolute atomic E-state index is 13.4. The molecular formula is C21H15ClF6N4O. The first kappa shape index (κ1) is 23.1. The van der Waals surface area contributed by atoms with E-state index in [9.17, 15) is 31.1 Å². The van der Waals surface area contributed by atoms with Crippen molar-refractivity contribution in [3.05, 3.63) is 81.9 Å². The van der Waals surface area contributed by atoms with Gasteiger partial charge in [-0.15, -0.1) is 10.2 Å². The number of hydrogen-bond acceptors (Lipinski definition) is 3. The van der Waals surface area contributed by atoms with Crippen LogP contribution in [0, 0.1) is 0 Å². The molecule has 0 fully saturated rings. The van der Waals surface area contributed by atoms with Crippen LogP contribution in [0.2, 0.25) is 5.02 Å². The van der Waals surface area contributed by atoms with Crippen molar-refractivity contribution in [2.45, 2.75) is 31.4 Å². The van der Waals surface area contributed by atoms with Gasteiger partial charge in [0.25, 0.3) is 5.91 Å². The fraction of sp³-hybridized carbons (Fsp3) is 0.286. The molecule has 5 nitrogen and oxygen atoms in total. The molecule has 0 bridgehead atoms. The quantitative estimate of drug-likeness (QED) is 0.463. The Morgan fingerprint density at radius 1 is 0.939 bits per heavy atom. The lowest BCUT2D eigenvalue weighted by Gasteiger charge is -2.36. The summed E-state index contributed by atoms with van der Waals surface area (Å²) in [5.41, 5.74) is -0.872. The van der Waals surface area contributed by atoms with Crippen LogP contribution in [-0.4, -0.2) is 32.1 Å². The smallest absolute Gasteiger partial charge is 0.326 e. The van der Waals surface area contributed by atoms with Gasteiger partial charge in [-0.2, -0.15) is 26.3 Å². The van der Waals surface area contributed by atoms with Gasteiger partial charge in [-0.25, -0.2) is 0 Å². The van der Waals surface area contributed by atoms with Gasteiger partial charge >= 0.3 is 12.4 Å². The lowest BCUT2D eigenvalue weighted by molar-refractivity contribution is -0.148. The van der Waals surface area contributed by atoms with Gasteiger partial charge < -0.3 is 9.47 Å². The molecule has 1 atom stereocenters. The van der Waals surface area contributed by atoms with Crippen LogP contribution in [0.4, 0.5) is 26.3 Å². The molecule has 1 aliphatic heterocycles. The average molecular weight is 489 g/mol. The second-order valence-electron chi connectivity index (χ2n) is 7.40. The molecule has 1 aromatic heterocycles. The van der Waals surface area contributed by atoms with E-state index < -0.39 is 46.3 Å². The molecule has 3 aromatic rings. The Labute approximate surface area is 188 Å². The summed E-state index contributed by atoms with van der Waals surface area (Å²) in [7, 11) is 0. The fourth-order valence-electron chi connectivity index (χ4n) is 3.85. The van der Waals surface area contributed by atoms with Crippen LogP contribution in [0.3, 0.4) is 0 Å². The van der Waals surface area contributed by atoms with Gasteiger partial charge in [-0.05, 0) is 17.7 Å². The Morgan fingerprint density at radius 3 is 2.27 bits per heavy atom. The Kier molecular flexibility index (Phi) is 5.85. The van der Waals surface area contributed by atoms with Crippen LogP contribution >= 0.6 is 11.6 Å². The maximum Gasteiger partial charge on any atom is 0.451 e. The molecule has 1 amide bonds. The highest BCUT2D eigenvalue weighted by Crippen LogP contribution is 2.39. The predicted molar refractivity (Wildman–Crippen MR) is 105 cm³/mol. The SMILES string of the molecule is O=C(c1cccc(C(F)(F)F)c1Cl)N1CCn2c(nnc2C(F)(F)F)C1Cc1ccccc1. The zero-order valence-electron chi connectivity index (χ0n) is 16.7. The zero-order valence-corrected chi connectivity index (χ0v) is 17.4. The number of aromatic nitrogens is 3. The molecule has 1 aliphatic rings. The summed E-state index contributed by atoms with van der Waals surface area (Å²) in [6.07, 6.45) is -9.45. The van der Waals surface area contributed by atoms with Crippen molar-refractivity contribution < 1.29 is 31.1 Å². The number of fused-ring (bicyclic) bond motifs is 1. The average Bonchev–Trinajstić information content (AvgIpc) is 3.19. The first-order valence-corrected chi connectivity index (χ1v) is 10.1. The number of amides is 1. The van der Waals surface area contributed by atoms with Crippen molar-refractivity contribution in [1.29, 1.82) is 0 Å². The van der Waals surface area contributed by atoms with E-state index in [1.54, 1.807) is 30.3 Å². The maximum atomic E-state index is 13.4. The van der Waals surface area contributed by atoms with E-state index in [1.165, 1.54) is 4.90 Å². The topological polar surface area (TPSA) is 51.0 Å². The number of carbonyl (C=O) groups excluding carboxylic acids is 1. The fourth-order valence-corrected chi connectivity index (χ4v) is 4.16. The van der Waals surface area contributed by atoms with Crippen molar-refractivity contribution >= 4 is 17.5 Å². The largest absolute Gasteiger partial charge is 0.451 e. The second-order valence-corrected chi connectivity index (χ2v) is 7.78. The highest BCUT2D eigenvalue weighted by Gasteiger charge is 2.43. The van der Waals surface area contributed by atoms with E-state index in [-0.39, 0.29) is 25.3 Å². The van der Waals surface area contributed by atoms with Gasteiger partial charge in [0.05, 0.1) is 22.2 Å². The molecule has 2 aromatic carbocycles. The van der Waals surface area contributed by atoms with E-state index in [0.29, 0.717) is 5.56 Å². The third-order valence-corrected chi connectivity index (χ3v) is 5.75. The molecule has 0 saturated carbocycles. The van der Waals surface area contributed by atoms with Crippen LogP contribution < -0.4 is 0 Å². The molecular weight excluding hydrogens is 474 g/mol. The number of nitrogens with zero attached hydrogens (tertiary/aromatic N) is 4. The van der Waals surface area contributed by atoms with E-state index in [4.69, 9.17) is 11.6 Å². The number of rotatable bonds is 3. The van der Waals surface area contributed by atoms with Crippen LogP contribution in [0.1, 0.15) is 39.2 Å². The molecule has 33 heavy (non-hydrogen) atoms. The minimum atomic E-state index is -4.78. The Hall–Kier alpha value is -3.08. The number of carbonyl (C=O) groups is 1. The first-order valence-electron chi connectivity index (χ1n) is 9.69. The standard InChI is InChI=1S/C21H15ClF6N4O/c22-16-13(7-4-8-14(16)20(23,24)25)18(33)31-9-10-32-17(29-30-19(32)21(26,27)28)15(31)11-12-5-2-1-3-6-12/h1-8,15H,9-11H2. The predicted octanol–water partition coefficient (Wildman–Crippen LogP) is 5.41. The monoisotopic (exact) mass is 488 g/mol. The van der Waals surface area contributed by atoms with Gasteiger partial charge in [0, 0.05) is 19.5 Å². The molecule has 0 spiro atoms. The Morgan fingerprint density at radius 2 is 1.64 bits per heavy atom. The van der Waals surface area contributed by atoms with Gasteiger partial charge in [0.2, 0.25) is 5.82 Å². The van der Waals surface area contributed by atoms with E-state index in [2.05, 4.69) is 10.2 Å². The first-order chi connectivity index (χ1) is 15.5. The summed E-state index contributed by atoms with van der Waals surface area (Å²) in [5, 5.41) is 6.19. The normalized spacial score (nSPS) is 16.6. The molecule has 0 N–H and O–H groups in total. The van der Waals surface area contributed by atoms with Crippen LogP contribution in [0.25, 0.3) is 0 Å². The number of hydrogen-bond donors (Lipinski definition) is 0. The molecule has 4 rings (SSSR count). The van der Waals surface area contributed by atoms with Crippen molar-refractivity contribution in [3.8, 4) is 0 Å². The minimum absolute atomic E-state index is 0.0825. The third-order valence-electron chi connectivity index (χ3n) is 5.34. The highest BCUT2D eigenvalue weighted by molar-refractivity contribution is 6.34. The molecule has 1 unspecified atom stereocenters. The summed E-state index contributed by atoms with van der Waals surface area (Å²) in [6, 6.07) is 10.6. The Bertz CT molecular complexity index is 1180. The molecule has 0 aliphatic carbocycles. The minimum Gasteiger partial charge on any atom is -0.326 e. The van der Waals surface area contributed by atoms with Gasteiger partial charge in [0.15, 0.2) is 5.82 Å². The van der Waals surface area contributed by atoms with Gasteiger partial charge in [-0.1, -0.05) is 48.0 Å². The lowest BCUT2D eigenvalue weighted by Crippen LogP contribution is -2.44. The van der Waals surface area contributed by atoms with E-state index in [0.717, 1.165) is 22.8 Å². The van der Waals surface area contributed by atoms with Crippen molar-refractivity contribution in [1.82, 2.24) is 19.7 Å². The van der Waals surface area contributed by atoms with E-state index in [1.807, 2.05) is 0 Å². The Balaban J connectivity index is 1.77. The molecule has 2 heterocycles.